The maximum absolute atomic E-state index is 12.5. The van der Waals surface area contributed by atoms with Gasteiger partial charge in [-0.3, -0.25) is 4.79 Å². The van der Waals surface area contributed by atoms with Gasteiger partial charge in [0.25, 0.3) is 0 Å². The number of piperidine rings is 1. The molecular formula is C10H12F5NO. The van der Waals surface area contributed by atoms with E-state index in [1.54, 1.807) is 4.90 Å². The third kappa shape index (κ3) is 3.41. The minimum atomic E-state index is -5.84. The molecule has 7 heteroatoms. The first-order chi connectivity index (χ1) is 7.75. The number of halogens is 5. The van der Waals surface area contributed by atoms with Crippen LogP contribution in [-0.4, -0.2) is 35.9 Å². The summed E-state index contributed by atoms with van der Waals surface area (Å²) in [6.07, 6.45) is -1.84. The van der Waals surface area contributed by atoms with Crippen molar-refractivity contribution in [3.05, 3.63) is 12.3 Å². The highest BCUT2D eigenvalue weighted by Crippen LogP contribution is 2.36. The molecule has 0 saturated carbocycles. The Morgan fingerprint density at radius 3 is 2.00 bits per heavy atom. The second-order valence-corrected chi connectivity index (χ2v) is 3.85. The van der Waals surface area contributed by atoms with Gasteiger partial charge in [-0.2, -0.15) is 22.0 Å². The zero-order valence-corrected chi connectivity index (χ0v) is 8.94. The van der Waals surface area contributed by atoms with Gasteiger partial charge in [0.05, 0.1) is 0 Å². The molecule has 0 N–H and O–H groups in total. The first-order valence-electron chi connectivity index (χ1n) is 5.16. The third-order valence-corrected chi connectivity index (χ3v) is 2.49. The Hall–Kier alpha value is -1.14. The lowest BCUT2D eigenvalue weighted by Crippen LogP contribution is -2.43. The van der Waals surface area contributed by atoms with Crippen molar-refractivity contribution in [2.45, 2.75) is 31.4 Å². The minimum Gasteiger partial charge on any atom is -0.377 e. The van der Waals surface area contributed by atoms with Crippen LogP contribution >= 0.6 is 0 Å². The van der Waals surface area contributed by atoms with E-state index in [1.165, 1.54) is 0 Å². The lowest BCUT2D eigenvalue weighted by atomic mass is 10.1. The fraction of sp³-hybridized carbons (Fsp3) is 0.700. The molecule has 0 radical (unpaired) electrons. The molecule has 0 atom stereocenters. The van der Waals surface area contributed by atoms with Crippen LogP contribution in [0, 0.1) is 0 Å². The van der Waals surface area contributed by atoms with Crippen LogP contribution in [0.5, 0.6) is 0 Å². The fourth-order valence-corrected chi connectivity index (χ4v) is 1.48. The van der Waals surface area contributed by atoms with Gasteiger partial charge in [-0.25, -0.2) is 0 Å². The molecule has 0 aromatic carbocycles. The van der Waals surface area contributed by atoms with Gasteiger partial charge in [0.1, 0.15) is 0 Å². The second-order valence-electron chi connectivity index (χ2n) is 3.85. The molecule has 2 nitrogen and oxygen atoms in total. The molecule has 0 aliphatic carbocycles. The van der Waals surface area contributed by atoms with Crippen molar-refractivity contribution >= 4 is 5.78 Å². The van der Waals surface area contributed by atoms with Crippen LogP contribution in [-0.2, 0) is 4.79 Å². The van der Waals surface area contributed by atoms with Crippen LogP contribution in [0.15, 0.2) is 12.3 Å². The molecule has 17 heavy (non-hydrogen) atoms. The summed E-state index contributed by atoms with van der Waals surface area (Å²) in [5.74, 6) is -7.53. The molecular weight excluding hydrogens is 245 g/mol. The number of rotatable bonds is 3. The van der Waals surface area contributed by atoms with Crippen molar-refractivity contribution in [1.82, 2.24) is 4.90 Å². The van der Waals surface area contributed by atoms with Gasteiger partial charge in [-0.05, 0) is 19.3 Å². The Labute approximate surface area is 95.1 Å². The molecule has 1 fully saturated rings. The van der Waals surface area contributed by atoms with Crippen molar-refractivity contribution in [3.8, 4) is 0 Å². The van der Waals surface area contributed by atoms with Gasteiger partial charge in [0.15, 0.2) is 0 Å². The smallest absolute Gasteiger partial charge is 0.377 e. The normalized spacial score (nSPS) is 18.8. The Kier molecular flexibility index (Phi) is 4.11. The molecule has 1 aliphatic rings. The van der Waals surface area contributed by atoms with Gasteiger partial charge >= 0.3 is 12.1 Å². The van der Waals surface area contributed by atoms with Crippen molar-refractivity contribution < 1.29 is 26.7 Å². The Balaban J connectivity index is 2.62. The number of carbonyl (C=O) groups excluding carboxylic acids is 1. The number of ketones is 1. The molecule has 1 aliphatic heterocycles. The largest absolute Gasteiger partial charge is 0.461 e. The van der Waals surface area contributed by atoms with E-state index in [0.717, 1.165) is 25.5 Å². The average Bonchev–Trinajstić information content (AvgIpc) is 2.25. The standard InChI is InChI=1S/C10H12F5NO/c11-9(12,10(13,14)15)8(17)4-7-16-5-2-1-3-6-16/h4,7H,1-3,5-6H2/b7-4+. The Morgan fingerprint density at radius 2 is 1.53 bits per heavy atom. The molecule has 0 unspecified atom stereocenters. The monoisotopic (exact) mass is 257 g/mol. The Morgan fingerprint density at radius 1 is 1.00 bits per heavy atom. The summed E-state index contributed by atoms with van der Waals surface area (Å²) in [4.78, 5) is 12.3. The zero-order chi connectivity index (χ0) is 13.1. The minimum absolute atomic E-state index is 0.304. The molecule has 0 aromatic heterocycles. The molecule has 1 rings (SSSR count). The van der Waals surface area contributed by atoms with Crippen molar-refractivity contribution in [2.24, 2.45) is 0 Å². The maximum Gasteiger partial charge on any atom is 0.461 e. The highest BCUT2D eigenvalue weighted by Gasteiger charge is 2.62. The van der Waals surface area contributed by atoms with E-state index < -0.39 is 17.9 Å². The molecule has 0 bridgehead atoms. The van der Waals surface area contributed by atoms with E-state index in [0.29, 0.717) is 19.2 Å². The number of allylic oxidation sites excluding steroid dienone is 1. The van der Waals surface area contributed by atoms with E-state index in [9.17, 15) is 26.7 Å². The van der Waals surface area contributed by atoms with E-state index >= 15 is 0 Å². The van der Waals surface area contributed by atoms with Crippen LogP contribution < -0.4 is 0 Å². The number of hydrogen-bond donors (Lipinski definition) is 0. The highest BCUT2D eigenvalue weighted by molar-refractivity contribution is 5.96. The lowest BCUT2D eigenvalue weighted by Gasteiger charge is -2.25. The highest BCUT2D eigenvalue weighted by atomic mass is 19.4. The van der Waals surface area contributed by atoms with Gasteiger partial charge < -0.3 is 4.90 Å². The topological polar surface area (TPSA) is 20.3 Å². The molecule has 0 aromatic rings. The Bertz CT molecular complexity index is 304. The summed E-state index contributed by atoms with van der Waals surface area (Å²) in [5.41, 5.74) is 0. The van der Waals surface area contributed by atoms with Crippen LogP contribution in [0.3, 0.4) is 0 Å². The van der Waals surface area contributed by atoms with Crippen molar-refractivity contribution in [3.63, 3.8) is 0 Å². The average molecular weight is 257 g/mol. The molecule has 1 saturated heterocycles. The van der Waals surface area contributed by atoms with Crippen molar-refractivity contribution in [1.29, 1.82) is 0 Å². The first-order valence-corrected chi connectivity index (χ1v) is 5.16. The summed E-state index contributed by atoms with van der Waals surface area (Å²) >= 11 is 0. The van der Waals surface area contributed by atoms with Crippen LogP contribution in [0.25, 0.3) is 0 Å². The summed E-state index contributed by atoms with van der Waals surface area (Å²) in [6, 6.07) is 0. The summed E-state index contributed by atoms with van der Waals surface area (Å²) < 4.78 is 60.6. The number of likely N-dealkylation sites (tertiary alicyclic amines) is 1. The maximum atomic E-state index is 12.5. The molecule has 1 heterocycles. The van der Waals surface area contributed by atoms with Crippen LogP contribution in [0.1, 0.15) is 19.3 Å². The summed E-state index contributed by atoms with van der Waals surface area (Å²) in [7, 11) is 0. The molecule has 0 spiro atoms. The first kappa shape index (κ1) is 13.9. The zero-order valence-electron chi connectivity index (χ0n) is 8.94. The van der Waals surface area contributed by atoms with Crippen LogP contribution in [0.2, 0.25) is 0 Å². The fourth-order valence-electron chi connectivity index (χ4n) is 1.48. The molecule has 98 valence electrons. The predicted molar refractivity (Wildman–Crippen MR) is 50.6 cm³/mol. The van der Waals surface area contributed by atoms with E-state index in [1.807, 2.05) is 0 Å². The summed E-state index contributed by atoms with van der Waals surface area (Å²) in [5, 5.41) is 0. The van der Waals surface area contributed by atoms with Gasteiger partial charge in [0, 0.05) is 25.4 Å². The van der Waals surface area contributed by atoms with Gasteiger partial charge in [0.2, 0.25) is 5.78 Å². The number of alkyl halides is 5. The SMILES string of the molecule is O=C(/C=C/N1CCCCC1)C(F)(F)C(F)(F)F. The second kappa shape index (κ2) is 5.01. The number of carbonyl (C=O) groups is 1. The van der Waals surface area contributed by atoms with E-state index in [-0.39, 0.29) is 0 Å². The predicted octanol–water partition coefficient (Wildman–Crippen LogP) is 2.75. The van der Waals surface area contributed by atoms with Crippen LogP contribution in [0.4, 0.5) is 22.0 Å². The number of nitrogens with zero attached hydrogens (tertiary/aromatic N) is 1. The molecule has 0 amide bonds. The number of hydrogen-bond acceptors (Lipinski definition) is 2. The van der Waals surface area contributed by atoms with Crippen molar-refractivity contribution in [2.75, 3.05) is 13.1 Å². The quantitative estimate of drug-likeness (QED) is 0.572. The lowest BCUT2D eigenvalue weighted by molar-refractivity contribution is -0.266. The van der Waals surface area contributed by atoms with E-state index in [2.05, 4.69) is 0 Å². The van der Waals surface area contributed by atoms with Gasteiger partial charge in [-0.1, -0.05) is 0 Å². The summed E-state index contributed by atoms with van der Waals surface area (Å²) in [6.45, 7) is 1.14. The van der Waals surface area contributed by atoms with E-state index in [4.69, 9.17) is 0 Å². The van der Waals surface area contributed by atoms with Gasteiger partial charge in [-0.15, -0.1) is 0 Å². The third-order valence-electron chi connectivity index (χ3n) is 2.49.